The first-order valence-corrected chi connectivity index (χ1v) is 7.42. The zero-order chi connectivity index (χ0) is 14.7. The predicted molar refractivity (Wildman–Crippen MR) is 81.0 cm³/mol. The van der Waals surface area contributed by atoms with E-state index >= 15 is 0 Å². The van der Waals surface area contributed by atoms with E-state index in [1.165, 1.54) is 0 Å². The number of rotatable bonds is 3. The monoisotopic (exact) mass is 339 g/mol. The number of anilines is 1. The summed E-state index contributed by atoms with van der Waals surface area (Å²) < 4.78 is 0.718. The zero-order valence-corrected chi connectivity index (χ0v) is 12.7. The van der Waals surface area contributed by atoms with Crippen LogP contribution in [-0.2, 0) is 4.79 Å². The summed E-state index contributed by atoms with van der Waals surface area (Å²) in [6.45, 7) is 0. The molecule has 1 aliphatic rings. The number of nitrogen functional groups attached to an aromatic ring is 1. The number of carbonyl (C=O) groups excluding carboxylic acids is 2. The SMILES string of the molecule is NC(=O)C1CCC(NC(=O)c2cc(N)ccc2Br)CC1. The fourth-order valence-electron chi connectivity index (χ4n) is 2.50. The first kappa shape index (κ1) is 14.8. The molecule has 1 saturated carbocycles. The van der Waals surface area contributed by atoms with Gasteiger partial charge in [-0.05, 0) is 59.8 Å². The fraction of sp³-hybridized carbons (Fsp3) is 0.429. The van der Waals surface area contributed by atoms with Gasteiger partial charge in [-0.25, -0.2) is 0 Å². The number of primary amides is 1. The van der Waals surface area contributed by atoms with Crippen LogP contribution in [0, 0.1) is 5.92 Å². The van der Waals surface area contributed by atoms with Gasteiger partial charge in [0.2, 0.25) is 5.91 Å². The molecule has 0 atom stereocenters. The van der Waals surface area contributed by atoms with E-state index in [2.05, 4.69) is 21.2 Å². The van der Waals surface area contributed by atoms with Crippen molar-refractivity contribution in [3.05, 3.63) is 28.2 Å². The van der Waals surface area contributed by atoms with Crippen molar-refractivity contribution >= 4 is 33.4 Å². The van der Waals surface area contributed by atoms with E-state index in [1.807, 2.05) is 0 Å². The van der Waals surface area contributed by atoms with Gasteiger partial charge >= 0.3 is 0 Å². The van der Waals surface area contributed by atoms with Crippen molar-refractivity contribution in [3.63, 3.8) is 0 Å². The Kier molecular flexibility index (Phi) is 4.65. The first-order valence-electron chi connectivity index (χ1n) is 6.62. The Morgan fingerprint density at radius 3 is 2.45 bits per heavy atom. The standard InChI is InChI=1S/C14H18BrN3O2/c15-12-6-3-9(16)7-11(12)14(20)18-10-4-1-8(2-5-10)13(17)19/h3,6-8,10H,1-2,4-5,16H2,(H2,17,19)(H,18,20). The number of hydrogen-bond donors (Lipinski definition) is 3. The average molecular weight is 340 g/mol. The van der Waals surface area contributed by atoms with Crippen LogP contribution in [0.3, 0.4) is 0 Å². The molecule has 0 radical (unpaired) electrons. The quantitative estimate of drug-likeness (QED) is 0.732. The Morgan fingerprint density at radius 1 is 1.20 bits per heavy atom. The highest BCUT2D eigenvalue weighted by atomic mass is 79.9. The maximum Gasteiger partial charge on any atom is 0.252 e. The summed E-state index contributed by atoms with van der Waals surface area (Å²) in [4.78, 5) is 23.3. The van der Waals surface area contributed by atoms with E-state index in [1.54, 1.807) is 18.2 Å². The van der Waals surface area contributed by atoms with Crippen molar-refractivity contribution in [3.8, 4) is 0 Å². The Labute approximate surface area is 126 Å². The van der Waals surface area contributed by atoms with Gasteiger partial charge < -0.3 is 16.8 Å². The maximum atomic E-state index is 12.2. The Hall–Kier alpha value is -1.56. The first-order chi connectivity index (χ1) is 9.47. The van der Waals surface area contributed by atoms with Gasteiger partial charge in [-0.1, -0.05) is 0 Å². The summed E-state index contributed by atoms with van der Waals surface area (Å²) in [6, 6.07) is 5.23. The highest BCUT2D eigenvalue weighted by Gasteiger charge is 2.26. The number of carbonyl (C=O) groups is 2. The molecule has 0 spiro atoms. The molecule has 0 heterocycles. The molecule has 20 heavy (non-hydrogen) atoms. The van der Waals surface area contributed by atoms with Crippen molar-refractivity contribution in [1.29, 1.82) is 0 Å². The minimum absolute atomic E-state index is 0.0535. The number of benzene rings is 1. The topological polar surface area (TPSA) is 98.2 Å². The lowest BCUT2D eigenvalue weighted by molar-refractivity contribution is -0.122. The van der Waals surface area contributed by atoms with Crippen LogP contribution in [0.25, 0.3) is 0 Å². The van der Waals surface area contributed by atoms with Crippen LogP contribution >= 0.6 is 15.9 Å². The number of nitrogens with two attached hydrogens (primary N) is 2. The Bertz CT molecular complexity index is 525. The van der Waals surface area contributed by atoms with E-state index < -0.39 is 0 Å². The smallest absolute Gasteiger partial charge is 0.252 e. The molecule has 108 valence electrons. The molecule has 0 bridgehead atoms. The molecule has 1 aromatic rings. The summed E-state index contributed by atoms with van der Waals surface area (Å²) in [6.07, 6.45) is 3.02. The largest absolute Gasteiger partial charge is 0.399 e. The van der Waals surface area contributed by atoms with Gasteiger partial charge in [0.1, 0.15) is 0 Å². The van der Waals surface area contributed by atoms with Crippen LogP contribution < -0.4 is 16.8 Å². The lowest BCUT2D eigenvalue weighted by Crippen LogP contribution is -2.39. The third kappa shape index (κ3) is 3.50. The van der Waals surface area contributed by atoms with Crippen LogP contribution in [0.2, 0.25) is 0 Å². The van der Waals surface area contributed by atoms with Crippen LogP contribution in [0.5, 0.6) is 0 Å². The molecule has 6 heteroatoms. The molecule has 0 unspecified atom stereocenters. The highest BCUT2D eigenvalue weighted by Crippen LogP contribution is 2.25. The van der Waals surface area contributed by atoms with Gasteiger partial charge in [-0.2, -0.15) is 0 Å². The van der Waals surface area contributed by atoms with Gasteiger partial charge in [0.25, 0.3) is 5.91 Å². The number of amides is 2. The van der Waals surface area contributed by atoms with Crippen molar-refractivity contribution in [2.75, 3.05) is 5.73 Å². The average Bonchev–Trinajstić information content (AvgIpc) is 2.42. The molecular formula is C14H18BrN3O2. The molecule has 0 saturated heterocycles. The fourth-order valence-corrected chi connectivity index (χ4v) is 2.93. The summed E-state index contributed by atoms with van der Waals surface area (Å²) in [5.41, 5.74) is 12.1. The molecule has 5 nitrogen and oxygen atoms in total. The summed E-state index contributed by atoms with van der Waals surface area (Å²) in [5, 5.41) is 2.99. The van der Waals surface area contributed by atoms with E-state index in [4.69, 9.17) is 11.5 Å². The van der Waals surface area contributed by atoms with E-state index in [0.29, 0.717) is 11.3 Å². The van der Waals surface area contributed by atoms with Crippen molar-refractivity contribution in [2.24, 2.45) is 11.7 Å². The minimum Gasteiger partial charge on any atom is -0.399 e. The van der Waals surface area contributed by atoms with Crippen molar-refractivity contribution in [2.45, 2.75) is 31.7 Å². The summed E-state index contributed by atoms with van der Waals surface area (Å²) >= 11 is 3.35. The number of nitrogens with one attached hydrogen (secondary N) is 1. The van der Waals surface area contributed by atoms with E-state index in [0.717, 1.165) is 30.2 Å². The molecule has 0 aliphatic heterocycles. The Balaban J connectivity index is 1.96. The third-order valence-corrected chi connectivity index (χ3v) is 4.39. The van der Waals surface area contributed by atoms with Crippen LogP contribution in [0.4, 0.5) is 5.69 Å². The van der Waals surface area contributed by atoms with Gasteiger partial charge in [0.05, 0.1) is 5.56 Å². The molecule has 2 amide bonds. The molecule has 0 aromatic heterocycles. The lowest BCUT2D eigenvalue weighted by Gasteiger charge is -2.27. The van der Waals surface area contributed by atoms with Crippen LogP contribution in [-0.4, -0.2) is 17.9 Å². The van der Waals surface area contributed by atoms with Gasteiger partial charge in [0, 0.05) is 22.1 Å². The van der Waals surface area contributed by atoms with Crippen molar-refractivity contribution < 1.29 is 9.59 Å². The molecule has 1 fully saturated rings. The normalized spacial score (nSPS) is 22.2. The third-order valence-electron chi connectivity index (χ3n) is 3.70. The Morgan fingerprint density at radius 2 is 1.85 bits per heavy atom. The van der Waals surface area contributed by atoms with Crippen molar-refractivity contribution in [1.82, 2.24) is 5.32 Å². The maximum absolute atomic E-state index is 12.2. The van der Waals surface area contributed by atoms with E-state index in [-0.39, 0.29) is 23.8 Å². The zero-order valence-electron chi connectivity index (χ0n) is 11.1. The number of halogens is 1. The lowest BCUT2D eigenvalue weighted by atomic mass is 9.85. The second-order valence-corrected chi connectivity index (χ2v) is 6.02. The second-order valence-electron chi connectivity index (χ2n) is 5.16. The molecule has 1 aliphatic carbocycles. The molecular weight excluding hydrogens is 322 g/mol. The number of hydrogen-bond acceptors (Lipinski definition) is 3. The van der Waals surface area contributed by atoms with Gasteiger partial charge in [-0.3, -0.25) is 9.59 Å². The van der Waals surface area contributed by atoms with Gasteiger partial charge in [-0.15, -0.1) is 0 Å². The summed E-state index contributed by atoms with van der Waals surface area (Å²) in [7, 11) is 0. The predicted octanol–water partition coefficient (Wildman–Crippen LogP) is 1.81. The molecule has 5 N–H and O–H groups in total. The molecule has 1 aromatic carbocycles. The highest BCUT2D eigenvalue weighted by molar-refractivity contribution is 9.10. The van der Waals surface area contributed by atoms with E-state index in [9.17, 15) is 9.59 Å². The second kappa shape index (κ2) is 6.26. The van der Waals surface area contributed by atoms with Gasteiger partial charge in [0.15, 0.2) is 0 Å². The van der Waals surface area contributed by atoms with Crippen LogP contribution in [0.15, 0.2) is 22.7 Å². The minimum atomic E-state index is -0.242. The molecule has 2 rings (SSSR count). The van der Waals surface area contributed by atoms with Crippen LogP contribution in [0.1, 0.15) is 36.0 Å². The summed E-state index contributed by atoms with van der Waals surface area (Å²) in [5.74, 6) is -0.442.